The van der Waals surface area contributed by atoms with Crippen LogP contribution in [0, 0.1) is 5.82 Å². The van der Waals surface area contributed by atoms with E-state index in [4.69, 9.17) is 4.74 Å². The number of benzene rings is 1. The molecule has 0 saturated carbocycles. The van der Waals surface area contributed by atoms with Gasteiger partial charge in [-0.25, -0.2) is 4.39 Å². The second-order valence-corrected chi connectivity index (χ2v) is 5.85. The molecule has 0 aliphatic heterocycles. The third kappa shape index (κ3) is 4.36. The van der Waals surface area contributed by atoms with Gasteiger partial charge < -0.3 is 10.1 Å². The number of thioether (sulfide) groups is 1. The Balaban J connectivity index is 1.73. The molecule has 0 radical (unpaired) electrons. The highest BCUT2D eigenvalue weighted by molar-refractivity contribution is 8.01. The molecule has 4 nitrogen and oxygen atoms in total. The standard InChI is InChI=1S/C12H14FN3OS2/c1-2-14-11-15-16-12(19-11)18-8-7-17-10-6-4-3-5-9(10)13/h3-6H,2,7-8H2,1H3,(H,14,15). The summed E-state index contributed by atoms with van der Waals surface area (Å²) in [5, 5.41) is 12.0. The Morgan fingerprint density at radius 3 is 3.00 bits per heavy atom. The van der Waals surface area contributed by atoms with Crippen LogP contribution in [-0.4, -0.2) is 29.1 Å². The lowest BCUT2D eigenvalue weighted by Crippen LogP contribution is -2.01. The van der Waals surface area contributed by atoms with E-state index in [9.17, 15) is 4.39 Å². The lowest BCUT2D eigenvalue weighted by atomic mass is 10.3. The van der Waals surface area contributed by atoms with Gasteiger partial charge in [0.2, 0.25) is 5.13 Å². The van der Waals surface area contributed by atoms with Crippen LogP contribution in [0.3, 0.4) is 0 Å². The Hall–Kier alpha value is -1.34. The fraction of sp³-hybridized carbons (Fsp3) is 0.333. The Morgan fingerprint density at radius 2 is 2.21 bits per heavy atom. The van der Waals surface area contributed by atoms with Crippen molar-refractivity contribution in [3.63, 3.8) is 0 Å². The van der Waals surface area contributed by atoms with E-state index in [1.54, 1.807) is 30.0 Å². The Morgan fingerprint density at radius 1 is 1.37 bits per heavy atom. The Labute approximate surface area is 119 Å². The summed E-state index contributed by atoms with van der Waals surface area (Å²) in [5.41, 5.74) is 0. The van der Waals surface area contributed by atoms with E-state index in [2.05, 4.69) is 15.5 Å². The van der Waals surface area contributed by atoms with E-state index >= 15 is 0 Å². The SMILES string of the molecule is CCNc1nnc(SCCOc2ccccc2F)s1. The van der Waals surface area contributed by atoms with Gasteiger partial charge in [-0.2, -0.15) is 0 Å². The first-order valence-electron chi connectivity index (χ1n) is 5.87. The van der Waals surface area contributed by atoms with E-state index in [1.165, 1.54) is 17.4 Å². The Bertz CT molecular complexity index is 521. The van der Waals surface area contributed by atoms with Crippen LogP contribution in [0.1, 0.15) is 6.92 Å². The zero-order valence-electron chi connectivity index (χ0n) is 10.4. The molecule has 1 aromatic heterocycles. The summed E-state index contributed by atoms with van der Waals surface area (Å²) in [6, 6.07) is 6.39. The number of anilines is 1. The zero-order valence-corrected chi connectivity index (χ0v) is 12.1. The smallest absolute Gasteiger partial charge is 0.206 e. The molecule has 1 N–H and O–H groups in total. The van der Waals surface area contributed by atoms with E-state index in [1.807, 2.05) is 6.92 Å². The second kappa shape index (κ2) is 7.30. The highest BCUT2D eigenvalue weighted by atomic mass is 32.2. The maximum Gasteiger partial charge on any atom is 0.206 e. The van der Waals surface area contributed by atoms with Gasteiger partial charge in [-0.1, -0.05) is 35.2 Å². The monoisotopic (exact) mass is 299 g/mol. The highest BCUT2D eigenvalue weighted by Crippen LogP contribution is 2.25. The molecule has 0 bridgehead atoms. The minimum atomic E-state index is -0.335. The molecule has 0 unspecified atom stereocenters. The van der Waals surface area contributed by atoms with Gasteiger partial charge in [0.25, 0.3) is 0 Å². The lowest BCUT2D eigenvalue weighted by Gasteiger charge is -2.05. The molecule has 19 heavy (non-hydrogen) atoms. The van der Waals surface area contributed by atoms with Crippen LogP contribution in [0.4, 0.5) is 9.52 Å². The first-order chi connectivity index (χ1) is 9.29. The fourth-order valence-corrected chi connectivity index (χ4v) is 3.04. The minimum Gasteiger partial charge on any atom is -0.490 e. The molecule has 0 aliphatic rings. The predicted octanol–water partition coefficient (Wildman–Crippen LogP) is 3.28. The predicted molar refractivity (Wildman–Crippen MR) is 76.7 cm³/mol. The first-order valence-corrected chi connectivity index (χ1v) is 7.67. The molecule has 0 fully saturated rings. The highest BCUT2D eigenvalue weighted by Gasteiger charge is 2.05. The molecule has 2 aromatic rings. The van der Waals surface area contributed by atoms with E-state index < -0.39 is 0 Å². The van der Waals surface area contributed by atoms with Crippen molar-refractivity contribution in [2.75, 3.05) is 24.2 Å². The summed E-state index contributed by atoms with van der Waals surface area (Å²) >= 11 is 3.06. The number of para-hydroxylation sites is 1. The van der Waals surface area contributed by atoms with Gasteiger partial charge >= 0.3 is 0 Å². The molecule has 1 heterocycles. The van der Waals surface area contributed by atoms with Crippen LogP contribution < -0.4 is 10.1 Å². The number of nitrogens with zero attached hydrogens (tertiary/aromatic N) is 2. The number of nitrogens with one attached hydrogen (secondary N) is 1. The molecule has 1 aromatic carbocycles. The topological polar surface area (TPSA) is 47.0 Å². The molecular weight excluding hydrogens is 285 g/mol. The average molecular weight is 299 g/mol. The van der Waals surface area contributed by atoms with Gasteiger partial charge in [0, 0.05) is 12.3 Å². The van der Waals surface area contributed by atoms with Crippen molar-refractivity contribution in [1.82, 2.24) is 10.2 Å². The fourth-order valence-electron chi connectivity index (χ4n) is 1.33. The molecule has 0 aliphatic carbocycles. The van der Waals surface area contributed by atoms with Gasteiger partial charge in [0.05, 0.1) is 6.61 Å². The molecular formula is C12H14FN3OS2. The van der Waals surface area contributed by atoms with Crippen LogP contribution >= 0.6 is 23.1 Å². The number of aromatic nitrogens is 2. The molecule has 102 valence electrons. The van der Waals surface area contributed by atoms with Crippen molar-refractivity contribution in [3.05, 3.63) is 30.1 Å². The number of hydrogen-bond acceptors (Lipinski definition) is 6. The third-order valence-corrected chi connectivity index (χ3v) is 4.12. The van der Waals surface area contributed by atoms with Gasteiger partial charge in [-0.05, 0) is 19.1 Å². The van der Waals surface area contributed by atoms with Crippen molar-refractivity contribution < 1.29 is 9.13 Å². The van der Waals surface area contributed by atoms with Gasteiger partial charge in [-0.3, -0.25) is 0 Å². The zero-order chi connectivity index (χ0) is 13.5. The summed E-state index contributed by atoms with van der Waals surface area (Å²) in [6.07, 6.45) is 0. The summed E-state index contributed by atoms with van der Waals surface area (Å²) in [5.74, 6) is 0.654. The van der Waals surface area contributed by atoms with E-state index in [0.717, 1.165) is 16.0 Å². The first kappa shape index (κ1) is 14.1. The largest absolute Gasteiger partial charge is 0.490 e. The molecule has 2 rings (SSSR count). The number of hydrogen-bond donors (Lipinski definition) is 1. The molecule has 0 atom stereocenters. The molecule has 0 spiro atoms. The van der Waals surface area contributed by atoms with Crippen LogP contribution in [0.25, 0.3) is 0 Å². The van der Waals surface area contributed by atoms with Crippen LogP contribution in [0.2, 0.25) is 0 Å². The van der Waals surface area contributed by atoms with Crippen molar-refractivity contribution in [2.45, 2.75) is 11.3 Å². The molecule has 7 heteroatoms. The van der Waals surface area contributed by atoms with Crippen LogP contribution in [0.15, 0.2) is 28.6 Å². The molecule has 0 amide bonds. The van der Waals surface area contributed by atoms with Crippen LogP contribution in [0.5, 0.6) is 5.75 Å². The van der Waals surface area contributed by atoms with Crippen molar-refractivity contribution in [3.8, 4) is 5.75 Å². The number of halogens is 1. The third-order valence-electron chi connectivity index (χ3n) is 2.14. The summed E-state index contributed by atoms with van der Waals surface area (Å²) < 4.78 is 19.5. The van der Waals surface area contributed by atoms with Crippen molar-refractivity contribution >= 4 is 28.2 Å². The van der Waals surface area contributed by atoms with E-state index in [-0.39, 0.29) is 11.6 Å². The summed E-state index contributed by atoms with van der Waals surface area (Å²) in [4.78, 5) is 0. The summed E-state index contributed by atoms with van der Waals surface area (Å²) in [6.45, 7) is 3.27. The quantitative estimate of drug-likeness (QED) is 0.628. The van der Waals surface area contributed by atoms with Gasteiger partial charge in [0.1, 0.15) is 0 Å². The Kier molecular flexibility index (Phi) is 5.41. The second-order valence-electron chi connectivity index (χ2n) is 3.53. The van der Waals surface area contributed by atoms with E-state index in [0.29, 0.717) is 12.4 Å². The van der Waals surface area contributed by atoms with Crippen LogP contribution in [-0.2, 0) is 0 Å². The average Bonchev–Trinajstić information content (AvgIpc) is 2.85. The maximum atomic E-state index is 13.3. The minimum absolute atomic E-state index is 0.286. The molecule has 0 saturated heterocycles. The summed E-state index contributed by atoms with van der Waals surface area (Å²) in [7, 11) is 0. The van der Waals surface area contributed by atoms with Crippen molar-refractivity contribution in [1.29, 1.82) is 0 Å². The van der Waals surface area contributed by atoms with Crippen molar-refractivity contribution in [2.24, 2.45) is 0 Å². The van der Waals surface area contributed by atoms with Gasteiger partial charge in [0.15, 0.2) is 15.9 Å². The maximum absolute atomic E-state index is 13.3. The normalized spacial score (nSPS) is 10.4. The number of rotatable bonds is 7. The number of ether oxygens (including phenoxy) is 1. The van der Waals surface area contributed by atoms with Gasteiger partial charge in [-0.15, -0.1) is 10.2 Å². The lowest BCUT2D eigenvalue weighted by molar-refractivity contribution is 0.325.